The van der Waals surface area contributed by atoms with Gasteiger partial charge in [0.05, 0.1) is 12.7 Å². The van der Waals surface area contributed by atoms with E-state index in [4.69, 9.17) is 9.47 Å². The van der Waals surface area contributed by atoms with Gasteiger partial charge in [0.25, 0.3) is 0 Å². The van der Waals surface area contributed by atoms with Crippen molar-refractivity contribution in [3.63, 3.8) is 0 Å². The van der Waals surface area contributed by atoms with Crippen LogP contribution < -0.4 is 9.47 Å². The third-order valence-corrected chi connectivity index (χ3v) is 4.86. The molecule has 0 N–H and O–H groups in total. The van der Waals surface area contributed by atoms with Gasteiger partial charge < -0.3 is 9.47 Å². The highest BCUT2D eigenvalue weighted by atomic mass is 16.5. The first-order chi connectivity index (χ1) is 12.5. The first-order valence-electron chi connectivity index (χ1n) is 9.28. The summed E-state index contributed by atoms with van der Waals surface area (Å²) in [4.78, 5) is 13.1. The summed E-state index contributed by atoms with van der Waals surface area (Å²) in [6.07, 6.45) is 1.80. The van der Waals surface area contributed by atoms with Crippen LogP contribution in [0.3, 0.4) is 0 Å². The lowest BCUT2D eigenvalue weighted by atomic mass is 9.79. The Bertz CT molecular complexity index is 904. The lowest BCUT2D eigenvalue weighted by Crippen LogP contribution is -2.17. The summed E-state index contributed by atoms with van der Waals surface area (Å²) in [6.45, 7) is 12.9. The molecule has 1 aliphatic rings. The Labute approximate surface area is 162 Å². The Kier molecular flexibility index (Phi) is 4.67. The van der Waals surface area contributed by atoms with Gasteiger partial charge in [0, 0.05) is 5.56 Å². The zero-order valence-electron chi connectivity index (χ0n) is 17.3. The molecule has 3 heteroatoms. The second-order valence-electron chi connectivity index (χ2n) is 9.11. The van der Waals surface area contributed by atoms with Gasteiger partial charge in [-0.25, -0.2) is 0 Å². The number of carbonyl (C=O) groups is 1. The second-order valence-corrected chi connectivity index (χ2v) is 9.11. The van der Waals surface area contributed by atoms with Crippen LogP contribution in [0.5, 0.6) is 11.5 Å². The van der Waals surface area contributed by atoms with Crippen LogP contribution in [0.2, 0.25) is 0 Å². The van der Waals surface area contributed by atoms with Gasteiger partial charge in [0.1, 0.15) is 11.5 Å². The summed E-state index contributed by atoms with van der Waals surface area (Å²) in [7, 11) is 1.63. The number of benzene rings is 2. The maximum absolute atomic E-state index is 13.1. The Balaban J connectivity index is 2.09. The number of methoxy groups -OCH3 is 1. The number of fused-ring (bicyclic) bond motifs is 1. The summed E-state index contributed by atoms with van der Waals surface area (Å²) in [5.41, 5.74) is 3.61. The molecule has 1 heterocycles. The number of allylic oxidation sites excluding steroid dienone is 1. The highest BCUT2D eigenvalue weighted by Gasteiger charge is 2.35. The van der Waals surface area contributed by atoms with Crippen LogP contribution in [0.1, 0.15) is 68.6 Å². The van der Waals surface area contributed by atoms with E-state index in [1.807, 2.05) is 30.3 Å². The van der Waals surface area contributed by atoms with Crippen molar-refractivity contribution in [3.05, 3.63) is 64.4 Å². The molecular weight excluding hydrogens is 336 g/mol. The van der Waals surface area contributed by atoms with Crippen molar-refractivity contribution < 1.29 is 14.3 Å². The van der Waals surface area contributed by atoms with E-state index in [-0.39, 0.29) is 16.6 Å². The molecule has 3 rings (SSSR count). The fourth-order valence-electron chi connectivity index (χ4n) is 3.13. The van der Waals surface area contributed by atoms with Gasteiger partial charge in [0.15, 0.2) is 5.76 Å². The summed E-state index contributed by atoms with van der Waals surface area (Å²) < 4.78 is 11.3. The van der Waals surface area contributed by atoms with E-state index in [2.05, 4.69) is 47.6 Å². The van der Waals surface area contributed by atoms with Crippen molar-refractivity contribution in [1.82, 2.24) is 0 Å². The molecule has 0 atom stereocenters. The molecule has 27 heavy (non-hydrogen) atoms. The summed E-state index contributed by atoms with van der Waals surface area (Å²) in [5.74, 6) is 1.79. The van der Waals surface area contributed by atoms with Crippen molar-refractivity contribution in [2.75, 3.05) is 7.11 Å². The predicted molar refractivity (Wildman–Crippen MR) is 110 cm³/mol. The largest absolute Gasteiger partial charge is 0.497 e. The number of ketones is 1. The Morgan fingerprint density at radius 3 is 2.07 bits per heavy atom. The number of Topliss-reactive ketones (excluding diaryl/α,β-unsaturated/α-hetero) is 1. The van der Waals surface area contributed by atoms with Crippen LogP contribution in [0.4, 0.5) is 0 Å². The minimum absolute atomic E-state index is 0.0439. The monoisotopic (exact) mass is 364 g/mol. The maximum atomic E-state index is 13.1. The van der Waals surface area contributed by atoms with E-state index < -0.39 is 0 Å². The molecule has 1 aliphatic heterocycles. The molecule has 142 valence electrons. The molecule has 3 nitrogen and oxygen atoms in total. The van der Waals surface area contributed by atoms with E-state index in [0.717, 1.165) is 22.4 Å². The van der Waals surface area contributed by atoms with Crippen molar-refractivity contribution in [3.8, 4) is 11.5 Å². The molecule has 0 saturated heterocycles. The minimum Gasteiger partial charge on any atom is -0.497 e. The molecule has 2 aromatic carbocycles. The molecular formula is C24H28O3. The van der Waals surface area contributed by atoms with Gasteiger partial charge >= 0.3 is 0 Å². The summed E-state index contributed by atoms with van der Waals surface area (Å²) in [5, 5.41) is 0. The van der Waals surface area contributed by atoms with Crippen molar-refractivity contribution >= 4 is 11.9 Å². The molecule has 0 spiro atoms. The molecule has 2 aromatic rings. The number of hydrogen-bond donors (Lipinski definition) is 0. The lowest BCUT2D eigenvalue weighted by Gasteiger charge is -2.26. The van der Waals surface area contributed by atoms with Crippen LogP contribution in [0, 0.1) is 0 Å². The molecule has 0 saturated carbocycles. The van der Waals surface area contributed by atoms with E-state index in [9.17, 15) is 4.79 Å². The van der Waals surface area contributed by atoms with Crippen LogP contribution in [-0.2, 0) is 10.8 Å². The highest BCUT2D eigenvalue weighted by molar-refractivity contribution is 6.15. The predicted octanol–water partition coefficient (Wildman–Crippen LogP) is 5.91. The molecule has 0 radical (unpaired) electrons. The first-order valence-corrected chi connectivity index (χ1v) is 9.28. The van der Waals surface area contributed by atoms with Crippen molar-refractivity contribution in [2.24, 2.45) is 0 Å². The smallest absolute Gasteiger partial charge is 0.231 e. The SMILES string of the molecule is COc1ccc(/C=C2\Oc3c(cc(C(C)(C)C)cc3C(C)(C)C)C2=O)cc1. The lowest BCUT2D eigenvalue weighted by molar-refractivity contribution is 0.101. The zero-order chi connectivity index (χ0) is 20.0. The number of ether oxygens (including phenoxy) is 2. The van der Waals surface area contributed by atoms with E-state index in [0.29, 0.717) is 17.1 Å². The van der Waals surface area contributed by atoms with Crippen molar-refractivity contribution in [1.29, 1.82) is 0 Å². The molecule has 0 bridgehead atoms. The van der Waals surface area contributed by atoms with Gasteiger partial charge in [-0.3, -0.25) is 4.79 Å². The maximum Gasteiger partial charge on any atom is 0.231 e. The van der Waals surface area contributed by atoms with E-state index in [1.54, 1.807) is 13.2 Å². The van der Waals surface area contributed by atoms with Crippen LogP contribution in [0.15, 0.2) is 42.2 Å². The number of carbonyl (C=O) groups excluding carboxylic acids is 1. The first kappa shape index (κ1) is 19.2. The minimum atomic E-state index is -0.124. The van der Waals surface area contributed by atoms with Gasteiger partial charge in [-0.1, -0.05) is 59.7 Å². The third-order valence-electron chi connectivity index (χ3n) is 4.86. The summed E-state index contributed by atoms with van der Waals surface area (Å²) >= 11 is 0. The molecule has 0 fully saturated rings. The molecule has 0 amide bonds. The fourth-order valence-corrected chi connectivity index (χ4v) is 3.13. The second kappa shape index (κ2) is 6.56. The number of hydrogen-bond acceptors (Lipinski definition) is 3. The third kappa shape index (κ3) is 3.78. The normalized spacial score (nSPS) is 15.7. The Morgan fingerprint density at radius 1 is 0.926 bits per heavy atom. The van der Waals surface area contributed by atoms with Gasteiger partial charge in [-0.05, 0) is 46.2 Å². The topological polar surface area (TPSA) is 35.5 Å². The van der Waals surface area contributed by atoms with Crippen molar-refractivity contribution in [2.45, 2.75) is 52.4 Å². The summed E-state index contributed by atoms with van der Waals surface area (Å²) in [6, 6.07) is 11.7. The van der Waals surface area contributed by atoms with Crippen LogP contribution in [-0.4, -0.2) is 12.9 Å². The number of rotatable bonds is 2. The molecule has 0 unspecified atom stereocenters. The van der Waals surface area contributed by atoms with E-state index in [1.165, 1.54) is 0 Å². The average Bonchev–Trinajstić information content (AvgIpc) is 2.89. The Morgan fingerprint density at radius 2 is 1.56 bits per heavy atom. The van der Waals surface area contributed by atoms with E-state index >= 15 is 0 Å². The molecule has 0 aliphatic carbocycles. The fraction of sp³-hybridized carbons (Fsp3) is 0.375. The van der Waals surface area contributed by atoms with Gasteiger partial charge in [-0.15, -0.1) is 0 Å². The quantitative estimate of drug-likeness (QED) is 0.622. The molecule has 0 aromatic heterocycles. The van der Waals surface area contributed by atoms with Gasteiger partial charge in [-0.2, -0.15) is 0 Å². The highest BCUT2D eigenvalue weighted by Crippen LogP contribution is 2.43. The standard InChI is InChI=1S/C24H28O3/c1-23(2,3)16-13-18-21(25)20(12-15-8-10-17(26-7)11-9-15)27-22(18)19(14-16)24(4,5)6/h8-14H,1-7H3/b20-12-. The van der Waals surface area contributed by atoms with Crippen LogP contribution in [0.25, 0.3) is 6.08 Å². The Hall–Kier alpha value is -2.55. The zero-order valence-corrected chi connectivity index (χ0v) is 17.3. The average molecular weight is 364 g/mol. The van der Waals surface area contributed by atoms with Gasteiger partial charge in [0.2, 0.25) is 5.78 Å². The van der Waals surface area contributed by atoms with Crippen LogP contribution >= 0.6 is 0 Å².